The summed E-state index contributed by atoms with van der Waals surface area (Å²) in [5.74, 6) is -0.00223. The molecule has 4 heteroatoms. The van der Waals surface area contributed by atoms with E-state index in [2.05, 4.69) is 40.1 Å². The molecular formula is C19H29N3O. The van der Waals surface area contributed by atoms with E-state index in [1.165, 1.54) is 38.0 Å². The summed E-state index contributed by atoms with van der Waals surface area (Å²) in [7, 11) is 0. The molecule has 0 atom stereocenters. The maximum absolute atomic E-state index is 11.3. The molecule has 0 radical (unpaired) electrons. The molecule has 0 spiro atoms. The second-order valence-electron chi connectivity index (χ2n) is 7.02. The molecule has 0 aliphatic carbocycles. The highest BCUT2D eigenvalue weighted by atomic mass is 16.1. The van der Waals surface area contributed by atoms with E-state index in [4.69, 9.17) is 5.73 Å². The zero-order valence-corrected chi connectivity index (χ0v) is 14.0. The summed E-state index contributed by atoms with van der Waals surface area (Å²) in [5, 5.41) is 0. The van der Waals surface area contributed by atoms with Crippen molar-refractivity contribution in [3.8, 4) is 0 Å². The third-order valence-corrected chi connectivity index (χ3v) is 5.56. The number of nitrogens with two attached hydrogens (primary N) is 1. The van der Waals surface area contributed by atoms with Crippen LogP contribution in [0.3, 0.4) is 0 Å². The van der Waals surface area contributed by atoms with E-state index < -0.39 is 0 Å². The summed E-state index contributed by atoms with van der Waals surface area (Å²) in [6.07, 6.45) is 5.56. The summed E-state index contributed by atoms with van der Waals surface area (Å²) < 4.78 is 0. The van der Waals surface area contributed by atoms with Crippen molar-refractivity contribution in [1.29, 1.82) is 0 Å². The lowest BCUT2D eigenvalue weighted by Crippen LogP contribution is -2.49. The Morgan fingerprint density at radius 2 is 1.65 bits per heavy atom. The number of hydrogen-bond acceptors (Lipinski definition) is 3. The number of rotatable bonds is 5. The Hall–Kier alpha value is -1.39. The minimum Gasteiger partial charge on any atom is -0.369 e. The van der Waals surface area contributed by atoms with Crippen molar-refractivity contribution in [3.63, 3.8) is 0 Å². The molecule has 126 valence electrons. The average Bonchev–Trinajstić information content (AvgIpc) is 2.61. The maximum Gasteiger partial charge on any atom is 0.220 e. The molecule has 2 fully saturated rings. The monoisotopic (exact) mass is 315 g/mol. The summed E-state index contributed by atoms with van der Waals surface area (Å²) in [6.45, 7) is 5.66. The van der Waals surface area contributed by atoms with E-state index in [1.54, 1.807) is 0 Å². The normalized spacial score (nSPS) is 22.3. The van der Waals surface area contributed by atoms with Crippen molar-refractivity contribution >= 4 is 5.91 Å². The number of hydrogen-bond donors (Lipinski definition) is 1. The lowest BCUT2D eigenvalue weighted by Gasteiger charge is -2.41. The number of likely N-dealkylation sites (tertiary alicyclic amines) is 2. The SMILES string of the molecule is NC(=O)C1CCN(C2CCN(CCc3ccccc3)CC2)CC1. The molecule has 0 aromatic heterocycles. The van der Waals surface area contributed by atoms with E-state index in [0.29, 0.717) is 6.04 Å². The predicted molar refractivity (Wildman–Crippen MR) is 93.1 cm³/mol. The Morgan fingerprint density at radius 3 is 2.26 bits per heavy atom. The second kappa shape index (κ2) is 7.93. The van der Waals surface area contributed by atoms with Crippen molar-refractivity contribution < 1.29 is 4.79 Å². The first-order valence-corrected chi connectivity index (χ1v) is 9.02. The molecule has 2 heterocycles. The number of primary amides is 1. The summed E-state index contributed by atoms with van der Waals surface area (Å²) in [5.41, 5.74) is 6.86. The fraction of sp³-hybridized carbons (Fsp3) is 0.632. The fourth-order valence-corrected chi connectivity index (χ4v) is 3.99. The third kappa shape index (κ3) is 4.55. The van der Waals surface area contributed by atoms with Crippen LogP contribution >= 0.6 is 0 Å². The number of piperidine rings is 2. The van der Waals surface area contributed by atoms with E-state index in [0.717, 1.165) is 32.4 Å². The second-order valence-corrected chi connectivity index (χ2v) is 7.02. The largest absolute Gasteiger partial charge is 0.369 e. The van der Waals surface area contributed by atoms with Gasteiger partial charge < -0.3 is 15.5 Å². The zero-order valence-electron chi connectivity index (χ0n) is 14.0. The van der Waals surface area contributed by atoms with Gasteiger partial charge in [0.25, 0.3) is 0 Å². The van der Waals surface area contributed by atoms with E-state index in [-0.39, 0.29) is 11.8 Å². The Bertz CT molecular complexity index is 489. The van der Waals surface area contributed by atoms with Crippen LogP contribution in [0.4, 0.5) is 0 Å². The number of carbonyl (C=O) groups is 1. The van der Waals surface area contributed by atoms with Gasteiger partial charge in [-0.3, -0.25) is 4.79 Å². The molecule has 0 saturated carbocycles. The molecule has 23 heavy (non-hydrogen) atoms. The molecule has 0 bridgehead atoms. The Balaban J connectivity index is 1.38. The van der Waals surface area contributed by atoms with Gasteiger partial charge in [-0.05, 0) is 63.8 Å². The first-order valence-electron chi connectivity index (χ1n) is 9.02. The minimum absolute atomic E-state index is 0.109. The predicted octanol–water partition coefficient (Wildman–Crippen LogP) is 1.89. The maximum atomic E-state index is 11.3. The van der Waals surface area contributed by atoms with Crippen LogP contribution in [-0.2, 0) is 11.2 Å². The Kier molecular flexibility index (Phi) is 5.68. The highest BCUT2D eigenvalue weighted by Gasteiger charge is 2.29. The Morgan fingerprint density at radius 1 is 1.00 bits per heavy atom. The van der Waals surface area contributed by atoms with Gasteiger partial charge in [-0.15, -0.1) is 0 Å². The molecular weight excluding hydrogens is 286 g/mol. The van der Waals surface area contributed by atoms with Crippen LogP contribution < -0.4 is 5.73 Å². The molecule has 1 amide bonds. The van der Waals surface area contributed by atoms with E-state index >= 15 is 0 Å². The molecule has 4 nitrogen and oxygen atoms in total. The smallest absolute Gasteiger partial charge is 0.220 e. The van der Waals surface area contributed by atoms with Crippen LogP contribution in [-0.4, -0.2) is 54.5 Å². The quantitative estimate of drug-likeness (QED) is 0.903. The van der Waals surface area contributed by atoms with Gasteiger partial charge in [-0.25, -0.2) is 0 Å². The molecule has 2 aliphatic heterocycles. The molecule has 0 unspecified atom stereocenters. The number of nitrogens with zero attached hydrogens (tertiary/aromatic N) is 2. The van der Waals surface area contributed by atoms with Gasteiger partial charge in [0.2, 0.25) is 5.91 Å². The van der Waals surface area contributed by atoms with Crippen LogP contribution in [0, 0.1) is 5.92 Å². The zero-order chi connectivity index (χ0) is 16.1. The molecule has 2 N–H and O–H groups in total. The van der Waals surface area contributed by atoms with Gasteiger partial charge in [0, 0.05) is 18.5 Å². The van der Waals surface area contributed by atoms with Crippen LogP contribution in [0.15, 0.2) is 30.3 Å². The van der Waals surface area contributed by atoms with Crippen LogP contribution in [0.25, 0.3) is 0 Å². The van der Waals surface area contributed by atoms with Crippen LogP contribution in [0.2, 0.25) is 0 Å². The van der Waals surface area contributed by atoms with Crippen LogP contribution in [0.1, 0.15) is 31.2 Å². The van der Waals surface area contributed by atoms with Crippen molar-refractivity contribution in [2.24, 2.45) is 11.7 Å². The van der Waals surface area contributed by atoms with Crippen molar-refractivity contribution in [1.82, 2.24) is 9.80 Å². The molecule has 2 aliphatic rings. The number of benzene rings is 1. The fourth-order valence-electron chi connectivity index (χ4n) is 3.99. The molecule has 1 aromatic carbocycles. The number of carbonyl (C=O) groups excluding carboxylic acids is 1. The molecule has 1 aromatic rings. The summed E-state index contributed by atoms with van der Waals surface area (Å²) in [4.78, 5) is 16.5. The molecule has 2 saturated heterocycles. The van der Waals surface area contributed by atoms with Gasteiger partial charge in [0.1, 0.15) is 0 Å². The average molecular weight is 315 g/mol. The van der Waals surface area contributed by atoms with Gasteiger partial charge in [0.05, 0.1) is 0 Å². The third-order valence-electron chi connectivity index (χ3n) is 5.56. The Labute approximate surface area is 139 Å². The van der Waals surface area contributed by atoms with Crippen LogP contribution in [0.5, 0.6) is 0 Å². The lowest BCUT2D eigenvalue weighted by atomic mass is 9.93. The number of amides is 1. The topological polar surface area (TPSA) is 49.6 Å². The highest BCUT2D eigenvalue weighted by molar-refractivity contribution is 5.76. The first kappa shape index (κ1) is 16.5. The van der Waals surface area contributed by atoms with E-state index in [1.807, 2.05) is 0 Å². The highest BCUT2D eigenvalue weighted by Crippen LogP contribution is 2.23. The molecule has 3 rings (SSSR count). The lowest BCUT2D eigenvalue weighted by molar-refractivity contribution is -0.123. The van der Waals surface area contributed by atoms with Crippen molar-refractivity contribution in [3.05, 3.63) is 35.9 Å². The minimum atomic E-state index is -0.111. The van der Waals surface area contributed by atoms with Crippen molar-refractivity contribution in [2.45, 2.75) is 38.1 Å². The standard InChI is InChI=1S/C19H29N3O/c20-19(23)17-7-14-22(15-8-17)18-9-12-21(13-10-18)11-6-16-4-2-1-3-5-16/h1-5,17-18H,6-15H2,(H2,20,23). The van der Waals surface area contributed by atoms with Gasteiger partial charge in [-0.1, -0.05) is 30.3 Å². The van der Waals surface area contributed by atoms with Gasteiger partial charge in [0.15, 0.2) is 0 Å². The van der Waals surface area contributed by atoms with Crippen molar-refractivity contribution in [2.75, 3.05) is 32.7 Å². The summed E-state index contributed by atoms with van der Waals surface area (Å²) >= 11 is 0. The first-order chi connectivity index (χ1) is 11.2. The van der Waals surface area contributed by atoms with Gasteiger partial charge in [-0.2, -0.15) is 0 Å². The van der Waals surface area contributed by atoms with Gasteiger partial charge >= 0.3 is 0 Å². The van der Waals surface area contributed by atoms with E-state index in [9.17, 15) is 4.79 Å². The summed E-state index contributed by atoms with van der Waals surface area (Å²) in [6, 6.07) is 11.5.